The molecule has 2 aromatic rings. The number of hydrogen-bond donors (Lipinski definition) is 1. The lowest BCUT2D eigenvalue weighted by Gasteiger charge is -2.17. The second-order valence-corrected chi connectivity index (χ2v) is 5.58. The molecule has 20 heavy (non-hydrogen) atoms. The lowest BCUT2D eigenvalue weighted by Crippen LogP contribution is -2.20. The highest BCUT2D eigenvalue weighted by molar-refractivity contribution is 6.34. The second-order valence-electron chi connectivity index (χ2n) is 4.74. The van der Waals surface area contributed by atoms with Gasteiger partial charge >= 0.3 is 0 Å². The summed E-state index contributed by atoms with van der Waals surface area (Å²) in [5, 5.41) is 4.42. The van der Waals surface area contributed by atoms with E-state index < -0.39 is 0 Å². The van der Waals surface area contributed by atoms with Gasteiger partial charge in [0.1, 0.15) is 0 Å². The van der Waals surface area contributed by atoms with Gasteiger partial charge in [0.25, 0.3) is 0 Å². The number of aromatic nitrogens is 1. The Balaban J connectivity index is 2.19. The topological polar surface area (TPSA) is 24.9 Å². The molecular formula is C16H18Cl2N2. The minimum absolute atomic E-state index is 0.0762. The fourth-order valence-corrected chi connectivity index (χ4v) is 2.68. The van der Waals surface area contributed by atoms with Crippen molar-refractivity contribution in [2.24, 2.45) is 0 Å². The molecule has 0 radical (unpaired) electrons. The van der Waals surface area contributed by atoms with Gasteiger partial charge in [-0.05, 0) is 37.1 Å². The van der Waals surface area contributed by atoms with Crippen LogP contribution in [0.2, 0.25) is 10.0 Å². The molecule has 4 heteroatoms. The Hall–Kier alpha value is -1.09. The number of pyridine rings is 1. The molecule has 0 fully saturated rings. The van der Waals surface area contributed by atoms with Crippen LogP contribution >= 0.6 is 23.2 Å². The van der Waals surface area contributed by atoms with E-state index in [4.69, 9.17) is 23.2 Å². The van der Waals surface area contributed by atoms with Gasteiger partial charge in [0.05, 0.1) is 21.8 Å². The Kier molecular flexibility index (Phi) is 5.41. The lowest BCUT2D eigenvalue weighted by atomic mass is 10.0. The zero-order valence-corrected chi connectivity index (χ0v) is 13.2. The molecule has 1 unspecified atom stereocenters. The van der Waals surface area contributed by atoms with Crippen LogP contribution in [0.15, 0.2) is 36.5 Å². The highest BCUT2D eigenvalue weighted by Crippen LogP contribution is 2.26. The zero-order valence-electron chi connectivity index (χ0n) is 11.7. The van der Waals surface area contributed by atoms with Crippen LogP contribution in [0.3, 0.4) is 0 Å². The average Bonchev–Trinajstić information content (AvgIpc) is 2.46. The van der Waals surface area contributed by atoms with Crippen molar-refractivity contribution in [3.8, 4) is 0 Å². The number of likely N-dealkylation sites (N-methyl/N-ethyl adjacent to an activating group) is 1. The minimum atomic E-state index is 0.0762. The Labute approximate surface area is 130 Å². The molecular weight excluding hydrogens is 291 g/mol. The van der Waals surface area contributed by atoms with E-state index in [-0.39, 0.29) is 6.04 Å². The molecule has 0 aliphatic rings. The summed E-state index contributed by atoms with van der Waals surface area (Å²) in [5.74, 6) is 0. The first-order valence-corrected chi connectivity index (χ1v) is 7.45. The monoisotopic (exact) mass is 308 g/mol. The quantitative estimate of drug-likeness (QED) is 0.882. The Morgan fingerprint density at radius 3 is 2.35 bits per heavy atom. The minimum Gasteiger partial charge on any atom is -0.311 e. The molecule has 1 aromatic carbocycles. The Bertz CT molecular complexity index is 567. The summed E-state index contributed by atoms with van der Waals surface area (Å²) in [6.45, 7) is 2.16. The molecule has 1 heterocycles. The van der Waals surface area contributed by atoms with E-state index >= 15 is 0 Å². The molecule has 2 rings (SSSR count). The molecule has 106 valence electrons. The third-order valence-electron chi connectivity index (χ3n) is 3.39. The molecule has 0 aliphatic carbocycles. The van der Waals surface area contributed by atoms with Crippen LogP contribution in [-0.4, -0.2) is 12.0 Å². The van der Waals surface area contributed by atoms with Crippen LogP contribution in [0.5, 0.6) is 0 Å². The maximum atomic E-state index is 6.23. The standard InChI is InChI=1S/C16H18Cl2N2/c1-3-11-4-6-12(7-5-11)8-15(19-2)16-14(18)9-13(17)10-20-16/h4-7,9-10,15,19H,3,8H2,1-2H3. The number of hydrogen-bond acceptors (Lipinski definition) is 2. The smallest absolute Gasteiger partial charge is 0.0763 e. The number of rotatable bonds is 5. The van der Waals surface area contributed by atoms with Crippen LogP contribution in [0.4, 0.5) is 0 Å². The Morgan fingerprint density at radius 2 is 1.80 bits per heavy atom. The molecule has 0 aliphatic heterocycles. The summed E-state index contributed by atoms with van der Waals surface area (Å²) in [6, 6.07) is 10.5. The van der Waals surface area contributed by atoms with Crippen molar-refractivity contribution >= 4 is 23.2 Å². The highest BCUT2D eigenvalue weighted by atomic mass is 35.5. The number of aryl methyl sites for hydroxylation is 1. The molecule has 1 N–H and O–H groups in total. The maximum Gasteiger partial charge on any atom is 0.0763 e. The largest absolute Gasteiger partial charge is 0.311 e. The summed E-state index contributed by atoms with van der Waals surface area (Å²) >= 11 is 12.1. The SMILES string of the molecule is CCc1ccc(CC(NC)c2ncc(Cl)cc2Cl)cc1. The molecule has 1 atom stereocenters. The van der Waals surface area contributed by atoms with E-state index in [1.165, 1.54) is 11.1 Å². The van der Waals surface area contributed by atoms with Gasteiger partial charge in [-0.25, -0.2) is 0 Å². The van der Waals surface area contributed by atoms with Gasteiger partial charge in [0, 0.05) is 6.20 Å². The first-order chi connectivity index (χ1) is 9.63. The van der Waals surface area contributed by atoms with E-state index in [1.807, 2.05) is 7.05 Å². The molecule has 0 bridgehead atoms. The van der Waals surface area contributed by atoms with Crippen LogP contribution in [0.1, 0.15) is 29.8 Å². The fourth-order valence-electron chi connectivity index (χ4n) is 2.16. The third kappa shape index (κ3) is 3.72. The number of nitrogens with zero attached hydrogens (tertiary/aromatic N) is 1. The first kappa shape index (κ1) is 15.3. The van der Waals surface area contributed by atoms with Crippen molar-refractivity contribution in [1.82, 2.24) is 10.3 Å². The number of nitrogens with one attached hydrogen (secondary N) is 1. The second kappa shape index (κ2) is 7.07. The molecule has 0 saturated carbocycles. The van der Waals surface area contributed by atoms with E-state index in [0.29, 0.717) is 10.0 Å². The lowest BCUT2D eigenvalue weighted by molar-refractivity contribution is 0.576. The van der Waals surface area contributed by atoms with Gasteiger partial charge in [0.2, 0.25) is 0 Å². The Morgan fingerprint density at radius 1 is 1.15 bits per heavy atom. The van der Waals surface area contributed by atoms with Gasteiger partial charge in [0.15, 0.2) is 0 Å². The van der Waals surface area contributed by atoms with Gasteiger partial charge < -0.3 is 5.32 Å². The molecule has 0 saturated heterocycles. The third-order valence-corrected chi connectivity index (χ3v) is 3.90. The molecule has 0 amide bonds. The fraction of sp³-hybridized carbons (Fsp3) is 0.312. The van der Waals surface area contributed by atoms with Crippen molar-refractivity contribution in [2.75, 3.05) is 7.05 Å². The van der Waals surface area contributed by atoms with Crippen molar-refractivity contribution in [3.63, 3.8) is 0 Å². The summed E-state index contributed by atoms with van der Waals surface area (Å²) in [4.78, 5) is 4.35. The van der Waals surface area contributed by atoms with E-state index in [0.717, 1.165) is 18.5 Å². The molecule has 1 aromatic heterocycles. The van der Waals surface area contributed by atoms with Crippen LogP contribution < -0.4 is 5.32 Å². The zero-order chi connectivity index (χ0) is 14.5. The van der Waals surface area contributed by atoms with E-state index in [9.17, 15) is 0 Å². The van der Waals surface area contributed by atoms with E-state index in [2.05, 4.69) is 41.5 Å². The van der Waals surface area contributed by atoms with Gasteiger partial charge in [-0.2, -0.15) is 0 Å². The van der Waals surface area contributed by atoms with Crippen LogP contribution in [0, 0.1) is 0 Å². The van der Waals surface area contributed by atoms with E-state index in [1.54, 1.807) is 12.3 Å². The van der Waals surface area contributed by atoms with Crippen LogP contribution in [-0.2, 0) is 12.8 Å². The van der Waals surface area contributed by atoms with Gasteiger partial charge in [-0.1, -0.05) is 54.4 Å². The number of halogens is 2. The number of benzene rings is 1. The van der Waals surface area contributed by atoms with Gasteiger partial charge in [-0.15, -0.1) is 0 Å². The first-order valence-electron chi connectivity index (χ1n) is 6.70. The predicted molar refractivity (Wildman–Crippen MR) is 85.6 cm³/mol. The highest BCUT2D eigenvalue weighted by Gasteiger charge is 2.15. The average molecular weight is 309 g/mol. The maximum absolute atomic E-state index is 6.23. The van der Waals surface area contributed by atoms with Crippen molar-refractivity contribution in [1.29, 1.82) is 0 Å². The van der Waals surface area contributed by atoms with Crippen LogP contribution in [0.25, 0.3) is 0 Å². The normalized spacial score (nSPS) is 12.4. The summed E-state index contributed by atoms with van der Waals surface area (Å²) in [5.41, 5.74) is 3.44. The summed E-state index contributed by atoms with van der Waals surface area (Å²) < 4.78 is 0. The van der Waals surface area contributed by atoms with Gasteiger partial charge in [-0.3, -0.25) is 4.98 Å². The molecule has 2 nitrogen and oxygen atoms in total. The van der Waals surface area contributed by atoms with Crippen molar-refractivity contribution < 1.29 is 0 Å². The molecule has 0 spiro atoms. The summed E-state index contributed by atoms with van der Waals surface area (Å²) in [6.07, 6.45) is 3.53. The summed E-state index contributed by atoms with van der Waals surface area (Å²) in [7, 11) is 1.91. The predicted octanol–water partition coefficient (Wildman–Crippen LogP) is 4.45. The van der Waals surface area contributed by atoms with Crippen molar-refractivity contribution in [3.05, 3.63) is 63.4 Å². The van der Waals surface area contributed by atoms with Crippen molar-refractivity contribution in [2.45, 2.75) is 25.8 Å².